The quantitative estimate of drug-likeness (QED) is 0.154. The number of quaternary nitrogens is 1. The molecule has 0 aliphatic carbocycles. The number of ether oxygens (including phenoxy) is 7. The highest BCUT2D eigenvalue weighted by Gasteiger charge is 2.57. The van der Waals surface area contributed by atoms with Crippen LogP contribution in [-0.2, 0) is 38.0 Å². The van der Waals surface area contributed by atoms with Gasteiger partial charge in [0.25, 0.3) is 0 Å². The lowest BCUT2D eigenvalue weighted by Gasteiger charge is -2.50. The van der Waals surface area contributed by atoms with Crippen LogP contribution >= 0.6 is 0 Å². The van der Waals surface area contributed by atoms with Gasteiger partial charge in [0.15, 0.2) is 18.7 Å². The van der Waals surface area contributed by atoms with Crippen molar-refractivity contribution in [2.45, 2.75) is 186 Å². The van der Waals surface area contributed by atoms with Crippen LogP contribution in [0.15, 0.2) is 11.3 Å². The molecule has 13 nitrogen and oxygen atoms in total. The third kappa shape index (κ3) is 8.84. The van der Waals surface area contributed by atoms with Gasteiger partial charge in [-0.3, -0.25) is 4.79 Å². The number of methoxy groups -OCH3 is 1. The maximum atomic E-state index is 14.2. The highest BCUT2D eigenvalue weighted by Crippen LogP contribution is 2.47. The summed E-state index contributed by atoms with van der Waals surface area (Å²) in [6.07, 6.45) is -1.55. The van der Waals surface area contributed by atoms with E-state index in [1.165, 1.54) is 14.0 Å². The second-order valence-electron chi connectivity index (χ2n) is 17.8. The number of nitrogens with zero attached hydrogens (tertiary/aromatic N) is 1. The SMILES string of the molecule is C#CCC[N+](C)(C)[C@H]1C[C@@H](C)O[C@@H](O[C@@H]2[C@@H](C)[C@H](O[C@H]3C[C@@](C)(OC)[C@@H](O)[C@H](C)O3)[C@@H](C)C(=O)O[C@H](CC)[C@@](C)(O)[C@H](O)[C@@H](C)C3=C(C)C[C@@]2(C)O3)[C@@H]1O. The molecule has 4 heterocycles. The number of carbonyl (C=O) groups excluding carboxylic acids is 1. The van der Waals surface area contributed by atoms with Gasteiger partial charge in [0, 0.05) is 38.2 Å². The van der Waals surface area contributed by atoms with E-state index in [2.05, 4.69) is 5.92 Å². The molecule has 0 aromatic rings. The first-order chi connectivity index (χ1) is 25.0. The fourth-order valence-electron chi connectivity index (χ4n) is 9.43. The van der Waals surface area contributed by atoms with Crippen LogP contribution < -0.4 is 0 Å². The Hall–Kier alpha value is -1.83. The zero-order valence-electron chi connectivity index (χ0n) is 34.9. The van der Waals surface area contributed by atoms with Gasteiger partial charge in [0.2, 0.25) is 0 Å². The van der Waals surface area contributed by atoms with Crippen LogP contribution in [0.2, 0.25) is 0 Å². The largest absolute Gasteiger partial charge is 0.489 e. The van der Waals surface area contributed by atoms with Crippen LogP contribution in [0.25, 0.3) is 0 Å². The molecule has 2 bridgehead atoms. The number of likely N-dealkylation sites (N-methyl/N-ethyl adjacent to an activating group) is 1. The van der Waals surface area contributed by atoms with Crippen LogP contribution in [0, 0.1) is 30.1 Å². The summed E-state index contributed by atoms with van der Waals surface area (Å²) in [6.45, 7) is 18.6. The van der Waals surface area contributed by atoms with Gasteiger partial charge in [-0.15, -0.1) is 12.3 Å². The molecular formula is C41H70NO12+. The van der Waals surface area contributed by atoms with Gasteiger partial charge < -0.3 is 58.1 Å². The van der Waals surface area contributed by atoms with Crippen molar-refractivity contribution >= 4 is 5.97 Å². The van der Waals surface area contributed by atoms with E-state index >= 15 is 0 Å². The molecule has 0 aromatic heterocycles. The monoisotopic (exact) mass is 768 g/mol. The highest BCUT2D eigenvalue weighted by molar-refractivity contribution is 5.73. The Balaban J connectivity index is 1.84. The molecule has 0 radical (unpaired) electrons. The summed E-state index contributed by atoms with van der Waals surface area (Å²) in [7, 11) is 5.61. The molecule has 0 amide bonds. The molecule has 54 heavy (non-hydrogen) atoms. The number of terminal acetylenes is 1. The average Bonchev–Trinajstić information content (AvgIpc) is 3.43. The third-order valence-corrected chi connectivity index (χ3v) is 13.0. The Kier molecular flexibility index (Phi) is 14.1. The molecule has 0 unspecified atom stereocenters. The van der Waals surface area contributed by atoms with E-state index in [1.807, 2.05) is 41.8 Å². The van der Waals surface area contributed by atoms with Crippen molar-refractivity contribution in [3.05, 3.63) is 11.3 Å². The van der Waals surface area contributed by atoms with E-state index in [1.54, 1.807) is 34.6 Å². The van der Waals surface area contributed by atoms with E-state index in [9.17, 15) is 25.2 Å². The highest BCUT2D eigenvalue weighted by atomic mass is 16.7. The summed E-state index contributed by atoms with van der Waals surface area (Å²) in [4.78, 5) is 14.2. The molecule has 13 heteroatoms. The lowest BCUT2D eigenvalue weighted by molar-refractivity contribution is -0.921. The van der Waals surface area contributed by atoms with E-state index in [0.29, 0.717) is 36.0 Å². The number of hydrogen-bond donors (Lipinski definition) is 4. The molecular weight excluding hydrogens is 698 g/mol. The topological polar surface area (TPSA) is 163 Å². The van der Waals surface area contributed by atoms with Crippen molar-refractivity contribution in [2.75, 3.05) is 27.7 Å². The standard InChI is InChI=1S/C41H70NO12/c1-15-17-18-42(12,13)28-19-23(4)49-38(31(28)43)53-36-25(6)33(52-30-21-39(9,48-14)35(45)27(8)50-30)26(7)37(46)51-29(16-2)41(11,47)34(44)24(5)32-22(3)20-40(36,10)54-32/h1,23-31,33-36,38,43-45,47H,16-21H2,2-14H3/q+1/t23-,24+,25+,26-,27+,28+,29-,30+,31-,33+,34-,35+,36-,38+,39-,40-,41-/m1/s1. The van der Waals surface area contributed by atoms with Gasteiger partial charge >= 0.3 is 5.97 Å². The molecule has 4 rings (SSSR count). The van der Waals surface area contributed by atoms with Crippen LogP contribution in [0.3, 0.4) is 0 Å². The van der Waals surface area contributed by atoms with Crippen LogP contribution in [0.4, 0.5) is 0 Å². The number of hydrogen-bond acceptors (Lipinski definition) is 12. The number of esters is 1. The van der Waals surface area contributed by atoms with E-state index in [4.69, 9.17) is 39.6 Å². The molecule has 3 fully saturated rings. The van der Waals surface area contributed by atoms with Crippen LogP contribution in [0.5, 0.6) is 0 Å². The zero-order chi connectivity index (χ0) is 40.7. The maximum Gasteiger partial charge on any atom is 0.311 e. The third-order valence-electron chi connectivity index (χ3n) is 13.0. The number of fused-ring (bicyclic) bond motifs is 2. The van der Waals surface area contributed by atoms with Crippen molar-refractivity contribution in [3.63, 3.8) is 0 Å². The Labute approximate surface area is 323 Å². The van der Waals surface area contributed by atoms with Gasteiger partial charge in [-0.2, -0.15) is 0 Å². The summed E-state index contributed by atoms with van der Waals surface area (Å²) >= 11 is 0. The van der Waals surface area contributed by atoms with E-state index < -0.39 is 95.8 Å². The fraction of sp³-hybridized carbons (Fsp3) is 0.878. The van der Waals surface area contributed by atoms with Crippen LogP contribution in [-0.4, -0.2) is 143 Å². The molecule has 4 aliphatic heterocycles. The average molecular weight is 769 g/mol. The van der Waals surface area contributed by atoms with Gasteiger partial charge in [-0.25, -0.2) is 0 Å². The Bertz CT molecular complexity index is 1380. The Morgan fingerprint density at radius 3 is 2.24 bits per heavy atom. The lowest BCUT2D eigenvalue weighted by Crippen LogP contribution is -2.64. The molecule has 0 spiro atoms. The second kappa shape index (κ2) is 16.9. The number of carbonyl (C=O) groups is 1. The summed E-state index contributed by atoms with van der Waals surface area (Å²) in [5.41, 5.74) is -3.07. The molecule has 4 N–H and O–H groups in total. The van der Waals surface area contributed by atoms with Crippen molar-refractivity contribution in [3.8, 4) is 12.3 Å². The van der Waals surface area contributed by atoms with Crippen molar-refractivity contribution < 1.29 is 62.9 Å². The Morgan fingerprint density at radius 2 is 1.65 bits per heavy atom. The predicted molar refractivity (Wildman–Crippen MR) is 200 cm³/mol. The predicted octanol–water partition coefficient (Wildman–Crippen LogP) is 3.43. The molecule has 310 valence electrons. The van der Waals surface area contributed by atoms with Crippen molar-refractivity contribution in [1.29, 1.82) is 0 Å². The minimum atomic E-state index is -1.83. The number of aliphatic hydroxyl groups is 4. The van der Waals surface area contributed by atoms with Gasteiger partial charge in [0.1, 0.15) is 41.3 Å². The maximum absolute atomic E-state index is 14.2. The first-order valence-electron chi connectivity index (χ1n) is 19.8. The normalized spacial score (nSPS) is 46.8. The molecule has 17 atom stereocenters. The van der Waals surface area contributed by atoms with Gasteiger partial charge in [-0.05, 0) is 60.5 Å². The van der Waals surface area contributed by atoms with E-state index in [0.717, 1.165) is 5.57 Å². The second-order valence-corrected chi connectivity index (χ2v) is 17.8. The summed E-state index contributed by atoms with van der Waals surface area (Å²) < 4.78 is 45.5. The number of aliphatic hydroxyl groups excluding tert-OH is 3. The lowest BCUT2D eigenvalue weighted by atomic mass is 9.78. The minimum Gasteiger partial charge on any atom is -0.489 e. The smallest absolute Gasteiger partial charge is 0.311 e. The van der Waals surface area contributed by atoms with Crippen molar-refractivity contribution in [2.24, 2.45) is 17.8 Å². The summed E-state index contributed by atoms with van der Waals surface area (Å²) in [6, 6.07) is -0.260. The molecule has 4 aliphatic rings. The first kappa shape index (κ1) is 44.9. The Morgan fingerprint density at radius 1 is 1.00 bits per heavy atom. The molecule has 0 saturated carbocycles. The van der Waals surface area contributed by atoms with Crippen molar-refractivity contribution in [1.82, 2.24) is 0 Å². The number of cyclic esters (lactones) is 1. The summed E-state index contributed by atoms with van der Waals surface area (Å²) in [5.74, 6) is 0.315. The molecule has 3 saturated heterocycles. The number of rotatable bonds is 9. The summed E-state index contributed by atoms with van der Waals surface area (Å²) in [5, 5.41) is 46.5. The zero-order valence-corrected chi connectivity index (χ0v) is 34.9. The van der Waals surface area contributed by atoms with Gasteiger partial charge in [0.05, 0.1) is 63.0 Å². The van der Waals surface area contributed by atoms with E-state index in [-0.39, 0.29) is 25.0 Å². The molecule has 0 aromatic carbocycles. The first-order valence-corrected chi connectivity index (χ1v) is 19.8. The minimum absolute atomic E-state index is 0.161. The van der Waals surface area contributed by atoms with Crippen LogP contribution in [0.1, 0.15) is 101 Å². The fourth-order valence-corrected chi connectivity index (χ4v) is 9.43. The van der Waals surface area contributed by atoms with Gasteiger partial charge in [-0.1, -0.05) is 20.8 Å².